The smallest absolute Gasteiger partial charge is 0.329 e. The van der Waals surface area contributed by atoms with Crippen LogP contribution in [-0.4, -0.2) is 87.0 Å². The number of carbonyl (C=O) groups is 6. The SMILES string of the molecule is CC[C@@H](C)[C@H](NC(=O)CCC(=O)O)C(=O)N[C@H](C(=O)N1C[C@H](OCc2cccc3ccccc23)C[C@H]1C(=O)NC1(C(=O)O)CC1)C(C)C. The maximum atomic E-state index is 14.2. The second-order valence-electron chi connectivity index (χ2n) is 13.2. The Morgan fingerprint density at radius 3 is 2.25 bits per heavy atom. The van der Waals surface area contributed by atoms with E-state index in [9.17, 15) is 33.9 Å². The summed E-state index contributed by atoms with van der Waals surface area (Å²) < 4.78 is 6.27. The minimum atomic E-state index is -1.36. The number of aliphatic carboxylic acids is 2. The van der Waals surface area contributed by atoms with Crippen LogP contribution >= 0.6 is 0 Å². The lowest BCUT2D eigenvalue weighted by molar-refractivity contribution is -0.146. The van der Waals surface area contributed by atoms with E-state index in [2.05, 4.69) is 16.0 Å². The summed E-state index contributed by atoms with van der Waals surface area (Å²) in [5, 5.41) is 28.7. The number of benzene rings is 2. The van der Waals surface area contributed by atoms with Gasteiger partial charge in [-0.15, -0.1) is 0 Å². The highest BCUT2D eigenvalue weighted by molar-refractivity contribution is 5.97. The van der Waals surface area contributed by atoms with Gasteiger partial charge in [0.25, 0.3) is 0 Å². The molecule has 48 heavy (non-hydrogen) atoms. The van der Waals surface area contributed by atoms with Crippen molar-refractivity contribution in [2.24, 2.45) is 11.8 Å². The topological polar surface area (TPSA) is 191 Å². The summed E-state index contributed by atoms with van der Waals surface area (Å²) in [4.78, 5) is 78.0. The highest BCUT2D eigenvalue weighted by Crippen LogP contribution is 2.36. The molecule has 0 radical (unpaired) electrons. The number of fused-ring (bicyclic) bond motifs is 1. The molecule has 1 saturated heterocycles. The van der Waals surface area contributed by atoms with Gasteiger partial charge in [-0.05, 0) is 41.0 Å². The Kier molecular flexibility index (Phi) is 11.8. The molecule has 5 N–H and O–H groups in total. The molecule has 2 aromatic carbocycles. The van der Waals surface area contributed by atoms with Gasteiger partial charge in [0, 0.05) is 19.4 Å². The summed E-state index contributed by atoms with van der Waals surface area (Å²) in [7, 11) is 0. The predicted octanol–water partition coefficient (Wildman–Crippen LogP) is 2.60. The highest BCUT2D eigenvalue weighted by atomic mass is 16.5. The van der Waals surface area contributed by atoms with E-state index in [0.717, 1.165) is 16.3 Å². The van der Waals surface area contributed by atoms with Crippen LogP contribution in [-0.2, 0) is 40.1 Å². The summed E-state index contributed by atoms with van der Waals surface area (Å²) in [6.45, 7) is 7.37. The van der Waals surface area contributed by atoms with Gasteiger partial charge in [-0.1, -0.05) is 76.6 Å². The quantitative estimate of drug-likeness (QED) is 0.179. The van der Waals surface area contributed by atoms with Crippen molar-refractivity contribution in [3.05, 3.63) is 48.0 Å². The summed E-state index contributed by atoms with van der Waals surface area (Å²) >= 11 is 0. The lowest BCUT2D eigenvalue weighted by Gasteiger charge is -2.32. The molecule has 260 valence electrons. The first kappa shape index (κ1) is 36.3. The first-order valence-electron chi connectivity index (χ1n) is 16.5. The van der Waals surface area contributed by atoms with Gasteiger partial charge in [0.2, 0.25) is 23.6 Å². The van der Waals surface area contributed by atoms with Crippen molar-refractivity contribution in [1.82, 2.24) is 20.9 Å². The second-order valence-corrected chi connectivity index (χ2v) is 13.2. The number of nitrogens with one attached hydrogen (secondary N) is 3. The van der Waals surface area contributed by atoms with Gasteiger partial charge in [-0.3, -0.25) is 24.0 Å². The fourth-order valence-electron chi connectivity index (χ4n) is 5.98. The Labute approximate surface area is 279 Å². The fraction of sp³-hybridized carbons (Fsp3) is 0.543. The second kappa shape index (κ2) is 15.6. The number of carboxylic acids is 2. The van der Waals surface area contributed by atoms with Crippen LogP contribution in [0.1, 0.15) is 71.8 Å². The third-order valence-corrected chi connectivity index (χ3v) is 9.33. The van der Waals surface area contributed by atoms with Gasteiger partial charge in [0.15, 0.2) is 0 Å². The van der Waals surface area contributed by atoms with Gasteiger partial charge in [-0.2, -0.15) is 0 Å². The zero-order valence-corrected chi connectivity index (χ0v) is 27.9. The predicted molar refractivity (Wildman–Crippen MR) is 175 cm³/mol. The number of ether oxygens (including phenoxy) is 1. The van der Waals surface area contributed by atoms with Crippen molar-refractivity contribution in [2.45, 2.75) is 103 Å². The van der Waals surface area contributed by atoms with E-state index in [4.69, 9.17) is 9.84 Å². The normalized spacial score (nSPS) is 20.1. The number of hydrogen-bond acceptors (Lipinski definition) is 7. The van der Waals surface area contributed by atoms with Gasteiger partial charge in [0.05, 0.1) is 19.1 Å². The molecule has 0 bridgehead atoms. The van der Waals surface area contributed by atoms with Crippen molar-refractivity contribution in [1.29, 1.82) is 0 Å². The van der Waals surface area contributed by atoms with E-state index in [1.54, 1.807) is 20.8 Å². The Bertz CT molecular complexity index is 1530. The van der Waals surface area contributed by atoms with E-state index >= 15 is 0 Å². The first-order chi connectivity index (χ1) is 22.8. The molecule has 2 aliphatic rings. The van der Waals surface area contributed by atoms with Crippen LogP contribution in [0, 0.1) is 11.8 Å². The first-order valence-corrected chi connectivity index (χ1v) is 16.5. The molecule has 1 saturated carbocycles. The molecule has 1 aliphatic heterocycles. The Morgan fingerprint density at radius 1 is 0.938 bits per heavy atom. The largest absolute Gasteiger partial charge is 0.481 e. The van der Waals surface area contributed by atoms with Crippen LogP contribution in [0.5, 0.6) is 0 Å². The fourth-order valence-corrected chi connectivity index (χ4v) is 5.98. The molecule has 2 aromatic rings. The number of likely N-dealkylation sites (tertiary alicyclic amines) is 1. The monoisotopic (exact) mass is 666 g/mol. The number of hydrogen-bond donors (Lipinski definition) is 5. The third-order valence-electron chi connectivity index (χ3n) is 9.33. The van der Waals surface area contributed by atoms with Crippen LogP contribution in [0.4, 0.5) is 0 Å². The van der Waals surface area contributed by atoms with Gasteiger partial charge in [-0.25, -0.2) is 4.79 Å². The molecule has 1 heterocycles. The molecule has 4 amide bonds. The molecule has 0 spiro atoms. The average molecular weight is 667 g/mol. The van der Waals surface area contributed by atoms with Gasteiger partial charge in [0.1, 0.15) is 23.7 Å². The molecule has 4 rings (SSSR count). The maximum absolute atomic E-state index is 14.2. The Hall–Kier alpha value is -4.52. The summed E-state index contributed by atoms with van der Waals surface area (Å²) in [6.07, 6.45) is -0.0120. The zero-order chi connectivity index (χ0) is 35.2. The van der Waals surface area contributed by atoms with Crippen molar-refractivity contribution in [2.75, 3.05) is 6.54 Å². The molecule has 0 unspecified atom stereocenters. The van der Waals surface area contributed by atoms with E-state index in [-0.39, 0.29) is 51.2 Å². The maximum Gasteiger partial charge on any atom is 0.329 e. The summed E-state index contributed by atoms with van der Waals surface area (Å²) in [5.74, 6) is -5.36. The number of amides is 4. The standard InChI is InChI=1S/C35H46N4O9/c1-5-21(4)30(36-27(40)13-14-28(41)42)32(44)37-29(20(2)3)33(45)39-18-24(17-26(39)31(43)38-35(15-16-35)34(46)47)48-19-23-11-8-10-22-9-6-7-12-25(22)23/h6-12,20-21,24,26,29-30H,5,13-19H2,1-4H3,(H,36,40)(H,37,44)(H,38,43)(H,41,42)(H,46,47)/t21-,24-,26+,29+,30+/m1/s1. The summed E-state index contributed by atoms with van der Waals surface area (Å²) in [5.41, 5.74) is -0.419. The van der Waals surface area contributed by atoms with Gasteiger partial charge < -0.3 is 35.8 Å². The minimum absolute atomic E-state index is 0.0432. The molecule has 5 atom stereocenters. The van der Waals surface area contributed by atoms with Crippen LogP contribution in [0.15, 0.2) is 42.5 Å². The number of rotatable bonds is 16. The van der Waals surface area contributed by atoms with Crippen molar-refractivity contribution in [3.8, 4) is 0 Å². The summed E-state index contributed by atoms with van der Waals surface area (Å²) in [6, 6.07) is 10.6. The highest BCUT2D eigenvalue weighted by Gasteiger charge is 2.54. The van der Waals surface area contributed by atoms with Crippen molar-refractivity contribution < 1.29 is 43.7 Å². The minimum Gasteiger partial charge on any atom is -0.481 e. The molecular formula is C35H46N4O9. The number of nitrogens with zero attached hydrogens (tertiary/aromatic N) is 1. The molecular weight excluding hydrogens is 620 g/mol. The molecule has 13 heteroatoms. The Balaban J connectivity index is 1.53. The molecule has 1 aliphatic carbocycles. The van der Waals surface area contributed by atoms with Crippen LogP contribution in [0.2, 0.25) is 0 Å². The van der Waals surface area contributed by atoms with E-state index in [1.807, 2.05) is 49.4 Å². The molecule has 2 fully saturated rings. The lowest BCUT2D eigenvalue weighted by Crippen LogP contribution is -2.60. The zero-order valence-electron chi connectivity index (χ0n) is 27.9. The van der Waals surface area contributed by atoms with E-state index in [0.29, 0.717) is 6.42 Å². The average Bonchev–Trinajstić information content (AvgIpc) is 3.72. The lowest BCUT2D eigenvalue weighted by atomic mass is 9.96. The van der Waals surface area contributed by atoms with Crippen LogP contribution in [0.3, 0.4) is 0 Å². The van der Waals surface area contributed by atoms with Crippen molar-refractivity contribution >= 4 is 46.3 Å². The van der Waals surface area contributed by atoms with Gasteiger partial charge >= 0.3 is 11.9 Å². The number of carboxylic acid groups (broad SMARTS) is 2. The molecule has 13 nitrogen and oxygen atoms in total. The van der Waals surface area contributed by atoms with Crippen LogP contribution in [0.25, 0.3) is 10.8 Å². The number of carbonyl (C=O) groups excluding carboxylic acids is 4. The third kappa shape index (κ3) is 8.68. The van der Waals surface area contributed by atoms with Crippen molar-refractivity contribution in [3.63, 3.8) is 0 Å². The molecule has 0 aromatic heterocycles. The van der Waals surface area contributed by atoms with E-state index < -0.39 is 71.3 Å². The Morgan fingerprint density at radius 2 is 1.62 bits per heavy atom. The van der Waals surface area contributed by atoms with Crippen LogP contribution < -0.4 is 16.0 Å². The van der Waals surface area contributed by atoms with E-state index in [1.165, 1.54) is 4.90 Å².